The highest BCUT2D eigenvalue weighted by Crippen LogP contribution is 2.27. The fraction of sp³-hybridized carbons (Fsp3) is 0.286. The minimum absolute atomic E-state index is 0.0495. The number of benzene rings is 3. The van der Waals surface area contributed by atoms with Crippen LogP contribution in [0.5, 0.6) is 5.75 Å². The molecular formula is C28H29Cl3N2O3. The second-order valence-electron chi connectivity index (χ2n) is 8.81. The Morgan fingerprint density at radius 2 is 1.53 bits per heavy atom. The van der Waals surface area contributed by atoms with Gasteiger partial charge < -0.3 is 15.0 Å². The molecule has 2 amide bonds. The summed E-state index contributed by atoms with van der Waals surface area (Å²) in [6, 6.07) is 20.6. The molecule has 0 aromatic heterocycles. The second kappa shape index (κ2) is 13.5. The summed E-state index contributed by atoms with van der Waals surface area (Å²) in [6.07, 6.45) is 0.319. The van der Waals surface area contributed by atoms with Crippen LogP contribution in [0.15, 0.2) is 72.8 Å². The van der Waals surface area contributed by atoms with Crippen molar-refractivity contribution >= 4 is 46.6 Å². The molecule has 190 valence electrons. The molecular weight excluding hydrogens is 519 g/mol. The van der Waals surface area contributed by atoms with Crippen LogP contribution in [0.4, 0.5) is 0 Å². The second-order valence-corrected chi connectivity index (χ2v) is 10.1. The lowest BCUT2D eigenvalue weighted by molar-refractivity contribution is -0.142. The van der Waals surface area contributed by atoms with Crippen molar-refractivity contribution in [2.45, 2.75) is 32.9 Å². The number of nitrogens with one attached hydrogen (secondary N) is 1. The Balaban J connectivity index is 1.94. The van der Waals surface area contributed by atoms with E-state index in [1.54, 1.807) is 42.5 Å². The lowest BCUT2D eigenvalue weighted by Crippen LogP contribution is -2.52. The third-order valence-electron chi connectivity index (χ3n) is 5.52. The Morgan fingerprint density at radius 1 is 0.889 bits per heavy atom. The molecule has 1 N–H and O–H groups in total. The Morgan fingerprint density at radius 3 is 2.14 bits per heavy atom. The first-order valence-corrected chi connectivity index (χ1v) is 12.8. The lowest BCUT2D eigenvalue weighted by atomic mass is 10.0. The van der Waals surface area contributed by atoms with Crippen LogP contribution in [-0.4, -0.2) is 35.9 Å². The number of nitrogens with zero attached hydrogens (tertiary/aromatic N) is 1. The van der Waals surface area contributed by atoms with Crippen molar-refractivity contribution in [1.82, 2.24) is 10.2 Å². The fourth-order valence-electron chi connectivity index (χ4n) is 3.59. The molecule has 0 unspecified atom stereocenters. The zero-order chi connectivity index (χ0) is 26.1. The smallest absolute Gasteiger partial charge is 0.261 e. The van der Waals surface area contributed by atoms with Gasteiger partial charge in [-0.1, -0.05) is 85.0 Å². The van der Waals surface area contributed by atoms with Gasteiger partial charge in [-0.15, -0.1) is 0 Å². The van der Waals surface area contributed by atoms with Crippen molar-refractivity contribution in [2.75, 3.05) is 13.2 Å². The van der Waals surface area contributed by atoms with Crippen molar-refractivity contribution in [3.63, 3.8) is 0 Å². The quantitative estimate of drug-likeness (QED) is 0.301. The number of carbonyl (C=O) groups is 2. The van der Waals surface area contributed by atoms with Gasteiger partial charge in [0.15, 0.2) is 6.61 Å². The van der Waals surface area contributed by atoms with Crippen LogP contribution < -0.4 is 10.1 Å². The third-order valence-corrected chi connectivity index (χ3v) is 6.48. The first-order chi connectivity index (χ1) is 17.2. The topological polar surface area (TPSA) is 58.6 Å². The average molecular weight is 548 g/mol. The summed E-state index contributed by atoms with van der Waals surface area (Å²) < 4.78 is 5.73. The van der Waals surface area contributed by atoms with Gasteiger partial charge in [0.05, 0.1) is 0 Å². The fourth-order valence-corrected chi connectivity index (χ4v) is 4.23. The predicted octanol–water partition coefficient (Wildman–Crippen LogP) is 6.44. The molecule has 3 aromatic rings. The summed E-state index contributed by atoms with van der Waals surface area (Å²) in [5.41, 5.74) is 1.49. The van der Waals surface area contributed by atoms with Gasteiger partial charge in [0.25, 0.3) is 5.91 Å². The van der Waals surface area contributed by atoms with E-state index in [4.69, 9.17) is 39.5 Å². The van der Waals surface area contributed by atoms with Crippen molar-refractivity contribution in [2.24, 2.45) is 5.92 Å². The van der Waals surface area contributed by atoms with Gasteiger partial charge in [0.1, 0.15) is 11.8 Å². The first kappa shape index (κ1) is 27.9. The molecule has 1 atom stereocenters. The molecule has 0 aliphatic carbocycles. The molecule has 0 aliphatic rings. The third kappa shape index (κ3) is 8.16. The molecule has 0 saturated carbocycles. The molecule has 36 heavy (non-hydrogen) atoms. The normalized spacial score (nSPS) is 11.7. The number of halogens is 3. The van der Waals surface area contributed by atoms with Crippen molar-refractivity contribution in [1.29, 1.82) is 0 Å². The van der Waals surface area contributed by atoms with E-state index in [2.05, 4.69) is 5.32 Å². The molecule has 0 heterocycles. The van der Waals surface area contributed by atoms with E-state index >= 15 is 0 Å². The van der Waals surface area contributed by atoms with Gasteiger partial charge in [-0.25, -0.2) is 0 Å². The van der Waals surface area contributed by atoms with Gasteiger partial charge in [0.2, 0.25) is 5.91 Å². The van der Waals surface area contributed by atoms with Crippen LogP contribution in [-0.2, 0) is 22.6 Å². The Bertz CT molecular complexity index is 1130. The van der Waals surface area contributed by atoms with E-state index in [-0.39, 0.29) is 30.9 Å². The van der Waals surface area contributed by atoms with Crippen LogP contribution in [0, 0.1) is 5.92 Å². The number of hydrogen-bond donors (Lipinski definition) is 1. The minimum atomic E-state index is -0.806. The molecule has 0 aliphatic heterocycles. The molecule has 8 heteroatoms. The summed E-state index contributed by atoms with van der Waals surface area (Å²) >= 11 is 18.8. The molecule has 0 fully saturated rings. The maximum absolute atomic E-state index is 13.6. The zero-order valence-electron chi connectivity index (χ0n) is 20.2. The predicted molar refractivity (Wildman–Crippen MR) is 146 cm³/mol. The zero-order valence-corrected chi connectivity index (χ0v) is 22.5. The van der Waals surface area contributed by atoms with Crippen molar-refractivity contribution < 1.29 is 14.3 Å². The summed E-state index contributed by atoms with van der Waals surface area (Å²) in [4.78, 5) is 28.5. The molecule has 0 saturated heterocycles. The number of hydrogen-bond acceptors (Lipinski definition) is 3. The van der Waals surface area contributed by atoms with Crippen molar-refractivity contribution in [3.05, 3.63) is 99.0 Å². The largest absolute Gasteiger partial charge is 0.484 e. The number of ether oxygens (including phenoxy) is 1. The van der Waals surface area contributed by atoms with Crippen LogP contribution >= 0.6 is 34.8 Å². The van der Waals surface area contributed by atoms with Gasteiger partial charge in [-0.3, -0.25) is 9.59 Å². The minimum Gasteiger partial charge on any atom is -0.484 e. The summed E-state index contributed by atoms with van der Waals surface area (Å²) in [6.45, 7) is 4.29. The molecule has 0 spiro atoms. The van der Waals surface area contributed by atoms with Crippen LogP contribution in [0.25, 0.3) is 0 Å². The summed E-state index contributed by atoms with van der Waals surface area (Å²) in [7, 11) is 0. The highest BCUT2D eigenvalue weighted by atomic mass is 35.5. The maximum Gasteiger partial charge on any atom is 0.261 e. The highest BCUT2D eigenvalue weighted by molar-refractivity contribution is 6.36. The van der Waals surface area contributed by atoms with Crippen LogP contribution in [0.3, 0.4) is 0 Å². The van der Waals surface area contributed by atoms with E-state index in [9.17, 15) is 9.59 Å². The molecule has 3 aromatic carbocycles. The van der Waals surface area contributed by atoms with Crippen LogP contribution in [0.1, 0.15) is 25.0 Å². The van der Waals surface area contributed by atoms with Gasteiger partial charge in [-0.05, 0) is 47.9 Å². The Labute approximate surface area is 227 Å². The molecule has 5 nitrogen and oxygen atoms in total. The Hall–Kier alpha value is -2.73. The van der Waals surface area contributed by atoms with E-state index in [1.807, 2.05) is 44.2 Å². The van der Waals surface area contributed by atoms with E-state index in [1.165, 1.54) is 4.90 Å². The number of carbonyl (C=O) groups excluding carboxylic acids is 2. The monoisotopic (exact) mass is 546 g/mol. The molecule has 0 radical (unpaired) electrons. The number of rotatable bonds is 11. The Kier molecular flexibility index (Phi) is 10.5. The van der Waals surface area contributed by atoms with E-state index in [0.717, 1.165) is 5.56 Å². The average Bonchev–Trinajstić information content (AvgIpc) is 2.86. The standard InChI is InChI=1S/C28H29Cl3N2O3/c1-19(2)16-32-28(35)26(15-20-7-4-3-5-8-20)33(17-23-24(30)9-6-10-25(23)31)27(34)18-36-22-13-11-21(29)12-14-22/h3-14,19,26H,15-18H2,1-2H3,(H,32,35)/t26-/m1/s1. The van der Waals surface area contributed by atoms with E-state index < -0.39 is 6.04 Å². The number of amides is 2. The van der Waals surface area contributed by atoms with E-state index in [0.29, 0.717) is 39.3 Å². The lowest BCUT2D eigenvalue weighted by Gasteiger charge is -2.32. The van der Waals surface area contributed by atoms with Gasteiger partial charge in [-0.2, -0.15) is 0 Å². The highest BCUT2D eigenvalue weighted by Gasteiger charge is 2.31. The summed E-state index contributed by atoms with van der Waals surface area (Å²) in [5, 5.41) is 4.38. The summed E-state index contributed by atoms with van der Waals surface area (Å²) in [5.74, 6) is 0.117. The van der Waals surface area contributed by atoms with Crippen LogP contribution in [0.2, 0.25) is 15.1 Å². The van der Waals surface area contributed by atoms with Gasteiger partial charge in [0, 0.05) is 40.1 Å². The molecule has 3 rings (SSSR count). The van der Waals surface area contributed by atoms with Crippen molar-refractivity contribution in [3.8, 4) is 5.75 Å². The van der Waals surface area contributed by atoms with Gasteiger partial charge >= 0.3 is 0 Å². The molecule has 0 bridgehead atoms. The first-order valence-electron chi connectivity index (χ1n) is 11.7. The maximum atomic E-state index is 13.6. The SMILES string of the molecule is CC(C)CNC(=O)[C@@H](Cc1ccccc1)N(Cc1c(Cl)cccc1Cl)C(=O)COc1ccc(Cl)cc1.